The van der Waals surface area contributed by atoms with Crippen LogP contribution in [0.2, 0.25) is 10.0 Å². The number of nitrogens with zero attached hydrogens (tertiary/aromatic N) is 4. The zero-order valence-electron chi connectivity index (χ0n) is 26.8. The largest absolute Gasteiger partial charge is 0.484 e. The van der Waals surface area contributed by atoms with E-state index < -0.39 is 116 Å². The Balaban J connectivity index is 1.50. The minimum Gasteiger partial charge on any atom is -0.484 e. The lowest BCUT2D eigenvalue weighted by molar-refractivity contribution is -0.153. The zero-order valence-corrected chi connectivity index (χ0v) is 29.1. The average molecular weight is 765 g/mol. The second-order valence-electron chi connectivity index (χ2n) is 13.5. The molecular formula is C31H31Cl2F4N5O7S. The van der Waals surface area contributed by atoms with Gasteiger partial charge in [0.15, 0.2) is 16.4 Å². The van der Waals surface area contributed by atoms with Crippen LogP contribution < -0.4 is 10.1 Å². The number of hydrogen-bond acceptors (Lipinski definition) is 9. The molecule has 50 heavy (non-hydrogen) atoms. The van der Waals surface area contributed by atoms with Crippen molar-refractivity contribution < 1.29 is 49.8 Å². The van der Waals surface area contributed by atoms with Gasteiger partial charge in [0.05, 0.1) is 32.0 Å². The van der Waals surface area contributed by atoms with E-state index in [4.69, 9.17) is 27.9 Å². The molecule has 3 fully saturated rings. The fourth-order valence-electron chi connectivity index (χ4n) is 5.84. The normalized spacial score (nSPS) is 21.1. The van der Waals surface area contributed by atoms with Gasteiger partial charge in [-0.1, -0.05) is 23.2 Å². The molecule has 19 heteroatoms. The van der Waals surface area contributed by atoms with Crippen molar-refractivity contribution in [2.24, 2.45) is 0 Å². The number of alkyl halides is 3. The summed E-state index contributed by atoms with van der Waals surface area (Å²) in [6, 6.07) is 4.27. The van der Waals surface area contributed by atoms with Gasteiger partial charge in [-0.3, -0.25) is 14.6 Å². The molecule has 2 atom stereocenters. The quantitative estimate of drug-likeness (QED) is 0.380. The van der Waals surface area contributed by atoms with Crippen molar-refractivity contribution in [3.63, 3.8) is 0 Å². The molecule has 12 nitrogen and oxygen atoms in total. The summed E-state index contributed by atoms with van der Waals surface area (Å²) < 4.78 is 91.4. The Morgan fingerprint density at radius 2 is 1.80 bits per heavy atom. The van der Waals surface area contributed by atoms with E-state index in [9.17, 15) is 41.2 Å². The number of benzene rings is 1. The van der Waals surface area contributed by atoms with E-state index in [0.29, 0.717) is 12.8 Å². The lowest BCUT2D eigenvalue weighted by atomic mass is 9.74. The number of nitriles is 1. The average Bonchev–Trinajstić information content (AvgIpc) is 3.59. The van der Waals surface area contributed by atoms with E-state index in [1.807, 2.05) is 6.07 Å². The maximum atomic E-state index is 15.5. The summed E-state index contributed by atoms with van der Waals surface area (Å²) in [5, 5.41) is 10.1. The standard InChI is InChI=1S/C31H31Cl2F4N5O7S/c1-28(2,3)49-27(45)41-14-30(15-41,24-21(34)8-17(32)11-39-24)26(44)42-12-19(10-22(42)25(43)40-29(13-38)6-7-29)50(46,47)23-5-4-18(9-20(23)33)48-16-31(35,36)37/h4-5,8-9,11,19,22H,6-7,10,12,14-16H2,1-3H3,(H,40,43)/t19-,22+/m1/s1. The van der Waals surface area contributed by atoms with Crippen LogP contribution in [0.3, 0.4) is 0 Å². The first kappa shape index (κ1) is 37.4. The van der Waals surface area contributed by atoms with Crippen molar-refractivity contribution in [2.75, 3.05) is 26.2 Å². The number of likely N-dealkylation sites (tertiary alicyclic amines) is 2. The number of aromatic nitrogens is 1. The van der Waals surface area contributed by atoms with Crippen LogP contribution in [0.1, 0.15) is 45.7 Å². The highest BCUT2D eigenvalue weighted by atomic mass is 35.5. The number of sulfone groups is 1. The van der Waals surface area contributed by atoms with Gasteiger partial charge in [-0.2, -0.15) is 18.4 Å². The highest BCUT2D eigenvalue weighted by Gasteiger charge is 2.60. The molecule has 1 aromatic heterocycles. The molecular weight excluding hydrogens is 733 g/mol. The maximum absolute atomic E-state index is 15.5. The molecule has 5 rings (SSSR count). The van der Waals surface area contributed by atoms with Crippen LogP contribution >= 0.6 is 23.2 Å². The Morgan fingerprint density at radius 1 is 1.14 bits per heavy atom. The summed E-state index contributed by atoms with van der Waals surface area (Å²) in [7, 11) is -4.49. The third-order valence-corrected chi connectivity index (χ3v) is 11.3. The Kier molecular flexibility index (Phi) is 9.74. The number of nitrogens with one attached hydrogen (secondary N) is 1. The molecule has 2 aliphatic heterocycles. The van der Waals surface area contributed by atoms with E-state index in [2.05, 4.69) is 15.0 Å². The number of ether oxygens (including phenoxy) is 2. The smallest absolute Gasteiger partial charge is 0.422 e. The van der Waals surface area contributed by atoms with E-state index in [1.165, 1.54) is 0 Å². The van der Waals surface area contributed by atoms with Crippen LogP contribution in [0.15, 0.2) is 35.4 Å². The highest BCUT2D eigenvalue weighted by molar-refractivity contribution is 7.92. The van der Waals surface area contributed by atoms with Gasteiger partial charge in [-0.05, 0) is 58.2 Å². The predicted octanol–water partition coefficient (Wildman–Crippen LogP) is 4.57. The van der Waals surface area contributed by atoms with Gasteiger partial charge in [0.2, 0.25) is 11.8 Å². The van der Waals surface area contributed by atoms with Crippen molar-refractivity contribution in [1.82, 2.24) is 20.1 Å². The van der Waals surface area contributed by atoms with Gasteiger partial charge in [0, 0.05) is 31.9 Å². The molecule has 2 saturated heterocycles. The number of hydrogen-bond donors (Lipinski definition) is 1. The number of amides is 3. The summed E-state index contributed by atoms with van der Waals surface area (Å²) in [6.45, 7) is 1.74. The molecule has 2 aromatic rings. The van der Waals surface area contributed by atoms with Crippen molar-refractivity contribution in [3.05, 3.63) is 52.0 Å². The number of carbonyl (C=O) groups is 3. The van der Waals surface area contributed by atoms with Gasteiger partial charge >= 0.3 is 12.3 Å². The maximum Gasteiger partial charge on any atom is 0.422 e. The Morgan fingerprint density at radius 3 is 2.34 bits per heavy atom. The van der Waals surface area contributed by atoms with Gasteiger partial charge in [0.1, 0.15) is 34.2 Å². The first-order chi connectivity index (χ1) is 23.1. The summed E-state index contributed by atoms with van der Waals surface area (Å²) in [4.78, 5) is 46.8. The van der Waals surface area contributed by atoms with E-state index in [-0.39, 0.29) is 10.8 Å². The first-order valence-corrected chi connectivity index (χ1v) is 17.5. The molecule has 3 amide bonds. The molecule has 0 bridgehead atoms. The first-order valence-electron chi connectivity index (χ1n) is 15.2. The van der Waals surface area contributed by atoms with Crippen LogP contribution in [-0.2, 0) is 29.6 Å². The van der Waals surface area contributed by atoms with Gasteiger partial charge in [-0.25, -0.2) is 17.6 Å². The van der Waals surface area contributed by atoms with Crippen LogP contribution in [0.25, 0.3) is 0 Å². The molecule has 0 spiro atoms. The van der Waals surface area contributed by atoms with Crippen molar-refractivity contribution >= 4 is 50.9 Å². The number of halogens is 6. The minimum absolute atomic E-state index is 0.0836. The Bertz CT molecular complexity index is 1870. The molecule has 3 aliphatic rings. The molecule has 1 saturated carbocycles. The van der Waals surface area contributed by atoms with Crippen LogP contribution in [-0.4, -0.2) is 96.0 Å². The van der Waals surface area contributed by atoms with Crippen LogP contribution in [0.5, 0.6) is 5.75 Å². The summed E-state index contributed by atoms with van der Waals surface area (Å²) in [5.74, 6) is -3.09. The fourth-order valence-corrected chi connectivity index (χ4v) is 8.22. The van der Waals surface area contributed by atoms with Crippen LogP contribution in [0.4, 0.5) is 22.4 Å². The second-order valence-corrected chi connectivity index (χ2v) is 16.5. The molecule has 270 valence electrons. The minimum atomic E-state index is -4.66. The van der Waals surface area contributed by atoms with Crippen molar-refractivity contribution in [1.29, 1.82) is 5.26 Å². The summed E-state index contributed by atoms with van der Waals surface area (Å²) >= 11 is 12.1. The van der Waals surface area contributed by atoms with Crippen LogP contribution in [0, 0.1) is 17.1 Å². The predicted molar refractivity (Wildman–Crippen MR) is 169 cm³/mol. The van der Waals surface area contributed by atoms with Crippen molar-refractivity contribution in [2.45, 2.75) is 79.0 Å². The van der Waals surface area contributed by atoms with Gasteiger partial charge < -0.3 is 24.6 Å². The summed E-state index contributed by atoms with van der Waals surface area (Å²) in [5.41, 5.74) is -4.41. The van der Waals surface area contributed by atoms with Gasteiger partial charge in [0.25, 0.3) is 0 Å². The second kappa shape index (κ2) is 13.0. The number of carbonyl (C=O) groups excluding carboxylic acids is 3. The van der Waals surface area contributed by atoms with Gasteiger partial charge in [-0.15, -0.1) is 0 Å². The molecule has 0 unspecified atom stereocenters. The van der Waals surface area contributed by atoms with E-state index in [0.717, 1.165) is 40.3 Å². The summed E-state index contributed by atoms with van der Waals surface area (Å²) in [6.07, 6.45) is -4.21. The highest BCUT2D eigenvalue weighted by Crippen LogP contribution is 2.42. The monoisotopic (exact) mass is 763 g/mol. The third-order valence-electron chi connectivity index (χ3n) is 8.45. The molecule has 3 heterocycles. The SMILES string of the molecule is CC(C)(C)OC(=O)N1CC(C(=O)N2C[C@H](S(=O)(=O)c3ccc(OCC(F)(F)F)cc3Cl)C[C@H]2C(=O)NC2(C#N)CC2)(c2ncc(Cl)cc2F)C1. The lowest BCUT2D eigenvalue weighted by Crippen LogP contribution is -2.69. The Hall–Kier alpha value is -3.88. The molecule has 1 aliphatic carbocycles. The molecule has 1 aromatic carbocycles. The zero-order chi connectivity index (χ0) is 37.0. The topological polar surface area (TPSA) is 159 Å². The van der Waals surface area contributed by atoms with E-state index >= 15 is 4.39 Å². The third kappa shape index (κ3) is 7.57. The van der Waals surface area contributed by atoms with E-state index in [1.54, 1.807) is 20.8 Å². The Labute approximate surface area is 294 Å². The molecule has 0 radical (unpaired) electrons. The number of rotatable bonds is 8. The number of pyridine rings is 1. The van der Waals surface area contributed by atoms with Crippen molar-refractivity contribution in [3.8, 4) is 11.8 Å². The lowest BCUT2D eigenvalue weighted by Gasteiger charge is -2.49. The molecule has 1 N–H and O–H groups in total. The fraction of sp³-hybridized carbons (Fsp3) is 0.516.